The van der Waals surface area contributed by atoms with Crippen molar-refractivity contribution >= 4 is 30.8 Å². The van der Waals surface area contributed by atoms with Gasteiger partial charge in [-0.1, -0.05) is 0 Å². The molecule has 2 amide bonds. The smallest absolute Gasteiger partial charge is 0.320 e. The average molecular weight is 347 g/mol. The molecular formula is C15H24Cl2N4O. The van der Waals surface area contributed by atoms with Gasteiger partial charge < -0.3 is 15.1 Å². The number of aromatic nitrogens is 1. The van der Waals surface area contributed by atoms with Gasteiger partial charge in [0, 0.05) is 38.1 Å². The zero-order chi connectivity index (χ0) is 13.8. The van der Waals surface area contributed by atoms with Gasteiger partial charge in [0.05, 0.1) is 0 Å². The lowest BCUT2D eigenvalue weighted by Gasteiger charge is -2.41. The lowest BCUT2D eigenvalue weighted by Crippen LogP contribution is -2.55. The third-order valence-electron chi connectivity index (χ3n) is 4.22. The summed E-state index contributed by atoms with van der Waals surface area (Å²) in [6.45, 7) is 4.53. The van der Waals surface area contributed by atoms with E-state index >= 15 is 0 Å². The maximum Gasteiger partial charge on any atom is 0.320 e. The molecule has 0 aliphatic carbocycles. The number of piperidine rings is 1. The van der Waals surface area contributed by atoms with E-state index in [0.29, 0.717) is 12.6 Å². The molecule has 3 heterocycles. The van der Waals surface area contributed by atoms with Gasteiger partial charge in [0.25, 0.3) is 0 Å². The molecular weight excluding hydrogens is 323 g/mol. The van der Waals surface area contributed by atoms with E-state index in [2.05, 4.69) is 15.2 Å². The van der Waals surface area contributed by atoms with E-state index in [4.69, 9.17) is 0 Å². The quantitative estimate of drug-likeness (QED) is 0.913. The van der Waals surface area contributed by atoms with Crippen molar-refractivity contribution in [1.29, 1.82) is 0 Å². The van der Waals surface area contributed by atoms with Gasteiger partial charge in [-0.25, -0.2) is 4.79 Å². The fourth-order valence-electron chi connectivity index (χ4n) is 3.12. The number of rotatable bonds is 3. The van der Waals surface area contributed by atoms with Gasteiger partial charge in [-0.2, -0.15) is 0 Å². The highest BCUT2D eigenvalue weighted by Crippen LogP contribution is 2.20. The normalized spacial score (nSPS) is 19.4. The van der Waals surface area contributed by atoms with Gasteiger partial charge in [-0.3, -0.25) is 4.98 Å². The van der Waals surface area contributed by atoms with Gasteiger partial charge in [-0.05, 0) is 50.0 Å². The molecule has 0 spiro atoms. The van der Waals surface area contributed by atoms with Crippen LogP contribution in [-0.2, 0) is 6.54 Å². The summed E-state index contributed by atoms with van der Waals surface area (Å²) in [7, 11) is 0. The molecule has 3 rings (SSSR count). The van der Waals surface area contributed by atoms with Crippen LogP contribution in [-0.4, -0.2) is 53.0 Å². The highest BCUT2D eigenvalue weighted by molar-refractivity contribution is 5.85. The zero-order valence-electron chi connectivity index (χ0n) is 12.6. The van der Waals surface area contributed by atoms with Gasteiger partial charge in [0.2, 0.25) is 0 Å². The van der Waals surface area contributed by atoms with Crippen molar-refractivity contribution in [3.05, 3.63) is 30.1 Å². The Hall–Kier alpha value is -1.04. The number of hydrogen-bond donors (Lipinski definition) is 1. The molecule has 0 saturated carbocycles. The first kappa shape index (κ1) is 19.0. The predicted octanol–water partition coefficient (Wildman–Crippen LogP) is 2.30. The van der Waals surface area contributed by atoms with Crippen LogP contribution >= 0.6 is 24.8 Å². The summed E-state index contributed by atoms with van der Waals surface area (Å²) < 4.78 is 0. The van der Waals surface area contributed by atoms with Gasteiger partial charge in [-0.15, -0.1) is 24.8 Å². The van der Waals surface area contributed by atoms with Crippen LogP contribution in [0.3, 0.4) is 0 Å². The second-order valence-corrected chi connectivity index (χ2v) is 5.59. The Bertz CT molecular complexity index is 454. The third-order valence-corrected chi connectivity index (χ3v) is 4.22. The van der Waals surface area contributed by atoms with Crippen LogP contribution in [0.5, 0.6) is 0 Å². The molecule has 1 N–H and O–H groups in total. The maximum absolute atomic E-state index is 12.6. The van der Waals surface area contributed by atoms with Crippen molar-refractivity contribution < 1.29 is 4.79 Å². The number of hydrogen-bond acceptors (Lipinski definition) is 3. The van der Waals surface area contributed by atoms with Crippen molar-refractivity contribution in [1.82, 2.24) is 20.1 Å². The molecule has 124 valence electrons. The largest absolute Gasteiger partial charge is 0.321 e. The molecule has 7 heteroatoms. The summed E-state index contributed by atoms with van der Waals surface area (Å²) in [6, 6.07) is 4.59. The van der Waals surface area contributed by atoms with Gasteiger partial charge in [0.1, 0.15) is 0 Å². The monoisotopic (exact) mass is 346 g/mol. The van der Waals surface area contributed by atoms with E-state index < -0.39 is 0 Å². The van der Waals surface area contributed by atoms with Crippen molar-refractivity contribution in [2.24, 2.45) is 0 Å². The molecule has 0 atom stereocenters. The summed E-state index contributed by atoms with van der Waals surface area (Å²) >= 11 is 0. The molecule has 0 aromatic carbocycles. The average Bonchev–Trinajstić information content (AvgIpc) is 2.51. The Balaban J connectivity index is 0.00000121. The number of nitrogens with zero attached hydrogens (tertiary/aromatic N) is 3. The SMILES string of the molecule is Cl.Cl.O=C1N(Cc2ccncc2)CCCN1C1CCNCC1. The molecule has 0 bridgehead atoms. The first-order valence-electron chi connectivity index (χ1n) is 7.50. The van der Waals surface area contributed by atoms with E-state index in [1.54, 1.807) is 12.4 Å². The molecule has 2 aliphatic heterocycles. The molecule has 0 unspecified atom stereocenters. The molecule has 2 fully saturated rings. The lowest BCUT2D eigenvalue weighted by molar-refractivity contribution is 0.0953. The predicted molar refractivity (Wildman–Crippen MR) is 91.8 cm³/mol. The summed E-state index contributed by atoms with van der Waals surface area (Å²) in [5.74, 6) is 0. The first-order chi connectivity index (χ1) is 9.84. The number of halogens is 2. The fourth-order valence-corrected chi connectivity index (χ4v) is 3.12. The number of amides is 2. The zero-order valence-corrected chi connectivity index (χ0v) is 14.2. The second-order valence-electron chi connectivity index (χ2n) is 5.59. The van der Waals surface area contributed by atoms with Crippen LogP contribution in [0.25, 0.3) is 0 Å². The highest BCUT2D eigenvalue weighted by Gasteiger charge is 2.31. The van der Waals surface area contributed by atoms with Crippen LogP contribution in [0, 0.1) is 0 Å². The molecule has 5 nitrogen and oxygen atoms in total. The number of pyridine rings is 1. The summed E-state index contributed by atoms with van der Waals surface area (Å²) in [5, 5.41) is 3.36. The topological polar surface area (TPSA) is 48.5 Å². The maximum atomic E-state index is 12.6. The first-order valence-corrected chi connectivity index (χ1v) is 7.50. The Morgan fingerprint density at radius 2 is 1.82 bits per heavy atom. The molecule has 1 aromatic rings. The summed E-state index contributed by atoms with van der Waals surface area (Å²) in [4.78, 5) is 20.7. The molecule has 22 heavy (non-hydrogen) atoms. The highest BCUT2D eigenvalue weighted by atomic mass is 35.5. The number of urea groups is 1. The van der Waals surface area contributed by atoms with E-state index in [1.165, 1.54) is 0 Å². The Morgan fingerprint density at radius 1 is 1.14 bits per heavy atom. The number of carbonyl (C=O) groups is 1. The number of nitrogens with one attached hydrogen (secondary N) is 1. The summed E-state index contributed by atoms with van der Waals surface area (Å²) in [5.41, 5.74) is 1.15. The minimum Gasteiger partial charge on any atom is -0.321 e. The lowest BCUT2D eigenvalue weighted by atomic mass is 10.0. The minimum absolute atomic E-state index is 0. The van der Waals surface area contributed by atoms with Crippen LogP contribution < -0.4 is 5.32 Å². The van der Waals surface area contributed by atoms with Crippen LogP contribution in [0.4, 0.5) is 4.79 Å². The molecule has 1 aromatic heterocycles. The standard InChI is InChI=1S/C15H22N4O.2ClH/c20-15-18(12-13-2-6-16-7-3-13)10-1-11-19(15)14-4-8-17-9-5-14;;/h2-3,6-7,14,17H,1,4-5,8-12H2;2*1H. The van der Waals surface area contributed by atoms with E-state index in [1.807, 2.05) is 17.0 Å². The Kier molecular flexibility index (Phi) is 7.93. The van der Waals surface area contributed by atoms with Gasteiger partial charge in [0.15, 0.2) is 0 Å². The van der Waals surface area contributed by atoms with Gasteiger partial charge >= 0.3 is 6.03 Å². The van der Waals surface area contributed by atoms with Crippen LogP contribution in [0.1, 0.15) is 24.8 Å². The van der Waals surface area contributed by atoms with E-state index in [-0.39, 0.29) is 30.8 Å². The van der Waals surface area contributed by atoms with Crippen molar-refractivity contribution in [2.45, 2.75) is 31.8 Å². The molecule has 0 radical (unpaired) electrons. The van der Waals surface area contributed by atoms with Crippen LogP contribution in [0.2, 0.25) is 0 Å². The van der Waals surface area contributed by atoms with E-state index in [0.717, 1.165) is 51.0 Å². The number of carbonyl (C=O) groups excluding carboxylic acids is 1. The van der Waals surface area contributed by atoms with Crippen molar-refractivity contribution in [2.75, 3.05) is 26.2 Å². The minimum atomic E-state index is 0. The Morgan fingerprint density at radius 3 is 2.50 bits per heavy atom. The van der Waals surface area contributed by atoms with Crippen molar-refractivity contribution in [3.8, 4) is 0 Å². The van der Waals surface area contributed by atoms with E-state index in [9.17, 15) is 4.79 Å². The van der Waals surface area contributed by atoms with Crippen LogP contribution in [0.15, 0.2) is 24.5 Å². The second kappa shape index (κ2) is 9.18. The van der Waals surface area contributed by atoms with Crippen molar-refractivity contribution in [3.63, 3.8) is 0 Å². The molecule has 2 aliphatic rings. The third kappa shape index (κ3) is 4.48. The Labute approximate surface area is 144 Å². The fraction of sp³-hybridized carbons (Fsp3) is 0.600. The summed E-state index contributed by atoms with van der Waals surface area (Å²) in [6.07, 6.45) is 6.80. The molecule has 2 saturated heterocycles.